The largest absolute Gasteiger partial charge is 0.410 e. The van der Waals surface area contributed by atoms with E-state index < -0.39 is 8.32 Å². The summed E-state index contributed by atoms with van der Waals surface area (Å²) in [6.07, 6.45) is 2.60. The van der Waals surface area contributed by atoms with E-state index in [2.05, 4.69) is 68.0 Å². The van der Waals surface area contributed by atoms with E-state index >= 15 is 0 Å². The molecule has 0 fully saturated rings. The molecule has 18 heavy (non-hydrogen) atoms. The van der Waals surface area contributed by atoms with Gasteiger partial charge in [-0.2, -0.15) is 0 Å². The van der Waals surface area contributed by atoms with E-state index in [1.165, 1.54) is 15.6 Å². The molecule has 0 bridgehead atoms. The first-order valence-electron chi connectivity index (χ1n) is 6.67. The molecule has 0 aromatic heterocycles. The number of hydrogen-bond acceptors (Lipinski definition) is 1. The Hall–Kier alpha value is -0.123. The molecule has 1 aromatic carbocycles. The molecule has 0 N–H and O–H groups in total. The minimum atomic E-state index is -1.66. The molecule has 0 saturated heterocycles. The van der Waals surface area contributed by atoms with Crippen LogP contribution in [0.4, 0.5) is 0 Å². The first kappa shape index (κ1) is 14.3. The van der Waals surface area contributed by atoms with Crippen molar-refractivity contribution in [1.29, 1.82) is 0 Å². The van der Waals surface area contributed by atoms with Crippen molar-refractivity contribution in [3.8, 4) is 0 Å². The number of benzene rings is 1. The SMILES string of the molecule is CC(C)(C)[Si](C)(C)O[C@@H]1CCc2cc(Br)ccc21. The zero-order valence-electron chi connectivity index (χ0n) is 12.0. The van der Waals surface area contributed by atoms with Crippen LogP contribution >= 0.6 is 15.9 Å². The van der Waals surface area contributed by atoms with Gasteiger partial charge in [0.1, 0.15) is 0 Å². The van der Waals surface area contributed by atoms with E-state index in [4.69, 9.17) is 4.43 Å². The summed E-state index contributed by atoms with van der Waals surface area (Å²) < 4.78 is 7.73. The van der Waals surface area contributed by atoms with Crippen molar-refractivity contribution >= 4 is 24.2 Å². The van der Waals surface area contributed by atoms with Gasteiger partial charge in [-0.1, -0.05) is 42.8 Å². The van der Waals surface area contributed by atoms with Gasteiger partial charge < -0.3 is 4.43 Å². The molecule has 1 aliphatic rings. The number of aryl methyl sites for hydroxylation is 1. The average molecular weight is 327 g/mol. The third-order valence-electron chi connectivity index (χ3n) is 4.37. The molecule has 0 spiro atoms. The summed E-state index contributed by atoms with van der Waals surface area (Å²) in [6.45, 7) is 11.6. The van der Waals surface area contributed by atoms with Gasteiger partial charge in [0, 0.05) is 4.47 Å². The second-order valence-electron chi connectivity index (χ2n) is 6.75. The van der Waals surface area contributed by atoms with Crippen LogP contribution in [0.5, 0.6) is 0 Å². The highest BCUT2D eigenvalue weighted by molar-refractivity contribution is 9.10. The fraction of sp³-hybridized carbons (Fsp3) is 0.600. The maximum Gasteiger partial charge on any atom is 0.192 e. The molecule has 1 atom stereocenters. The number of rotatable bonds is 2. The maximum absolute atomic E-state index is 6.55. The molecular formula is C15H23BrOSi. The molecule has 0 aliphatic heterocycles. The van der Waals surface area contributed by atoms with Gasteiger partial charge >= 0.3 is 0 Å². The predicted molar refractivity (Wildman–Crippen MR) is 83.5 cm³/mol. The Morgan fingerprint density at radius 2 is 1.94 bits per heavy atom. The Morgan fingerprint density at radius 1 is 1.28 bits per heavy atom. The molecule has 0 amide bonds. The molecular weight excluding hydrogens is 304 g/mol. The van der Waals surface area contributed by atoms with Crippen LogP contribution in [-0.2, 0) is 10.8 Å². The fourth-order valence-corrected chi connectivity index (χ4v) is 3.92. The third kappa shape index (κ3) is 2.73. The zero-order valence-corrected chi connectivity index (χ0v) is 14.6. The van der Waals surface area contributed by atoms with E-state index in [1.54, 1.807) is 0 Å². The lowest BCUT2D eigenvalue weighted by Gasteiger charge is -2.38. The fourth-order valence-electron chi connectivity index (χ4n) is 2.20. The minimum Gasteiger partial charge on any atom is -0.410 e. The third-order valence-corrected chi connectivity index (χ3v) is 9.35. The molecule has 0 radical (unpaired) electrons. The standard InChI is InChI=1S/C15H23BrOSi/c1-15(2,3)18(4,5)17-14-9-6-11-10-12(16)7-8-13(11)14/h7-8,10,14H,6,9H2,1-5H3/t14-/m1/s1. The van der Waals surface area contributed by atoms with Gasteiger partial charge in [0.15, 0.2) is 8.32 Å². The van der Waals surface area contributed by atoms with E-state index in [-0.39, 0.29) is 5.04 Å². The van der Waals surface area contributed by atoms with E-state index in [0.29, 0.717) is 6.10 Å². The van der Waals surface area contributed by atoms with Crippen molar-refractivity contribution in [3.63, 3.8) is 0 Å². The molecule has 0 unspecified atom stereocenters. The Balaban J connectivity index is 2.20. The van der Waals surface area contributed by atoms with Gasteiger partial charge in [-0.05, 0) is 54.2 Å². The average Bonchev–Trinajstić information content (AvgIpc) is 2.58. The van der Waals surface area contributed by atoms with Crippen molar-refractivity contribution < 1.29 is 4.43 Å². The topological polar surface area (TPSA) is 9.23 Å². The summed E-state index contributed by atoms with van der Waals surface area (Å²) >= 11 is 3.55. The smallest absolute Gasteiger partial charge is 0.192 e. The molecule has 1 nitrogen and oxygen atoms in total. The summed E-state index contributed by atoms with van der Waals surface area (Å²) in [5, 5.41) is 0.283. The minimum absolute atomic E-state index is 0.283. The molecule has 0 heterocycles. The maximum atomic E-state index is 6.55. The lowest BCUT2D eigenvalue weighted by molar-refractivity contribution is 0.185. The van der Waals surface area contributed by atoms with Crippen LogP contribution in [0, 0.1) is 0 Å². The zero-order chi connectivity index (χ0) is 13.6. The molecule has 100 valence electrons. The Bertz CT molecular complexity index is 448. The first-order valence-corrected chi connectivity index (χ1v) is 10.4. The van der Waals surface area contributed by atoms with E-state index in [0.717, 1.165) is 12.8 Å². The summed E-state index contributed by atoms with van der Waals surface area (Å²) in [7, 11) is -1.66. The van der Waals surface area contributed by atoms with Gasteiger partial charge in [-0.25, -0.2) is 0 Å². The highest BCUT2D eigenvalue weighted by Gasteiger charge is 2.40. The number of halogens is 1. The van der Waals surface area contributed by atoms with Crippen LogP contribution in [-0.4, -0.2) is 8.32 Å². The molecule has 3 heteroatoms. The lowest BCUT2D eigenvalue weighted by atomic mass is 10.1. The van der Waals surface area contributed by atoms with Gasteiger partial charge in [0.2, 0.25) is 0 Å². The number of fused-ring (bicyclic) bond motifs is 1. The van der Waals surface area contributed by atoms with Gasteiger partial charge in [0.05, 0.1) is 6.10 Å². The summed E-state index contributed by atoms with van der Waals surface area (Å²) in [5.74, 6) is 0. The summed E-state index contributed by atoms with van der Waals surface area (Å²) in [4.78, 5) is 0. The second kappa shape index (κ2) is 4.77. The second-order valence-corrected chi connectivity index (χ2v) is 12.4. The van der Waals surface area contributed by atoms with Crippen LogP contribution in [0.25, 0.3) is 0 Å². The molecule has 1 aromatic rings. The van der Waals surface area contributed by atoms with Gasteiger partial charge in [-0.15, -0.1) is 0 Å². The quantitative estimate of drug-likeness (QED) is 0.656. The van der Waals surface area contributed by atoms with E-state index in [1.807, 2.05) is 0 Å². The Kier molecular flexibility index (Phi) is 3.78. The van der Waals surface area contributed by atoms with Gasteiger partial charge in [0.25, 0.3) is 0 Å². The predicted octanol–water partition coefficient (Wildman–Crippen LogP) is 5.46. The highest BCUT2D eigenvalue weighted by atomic mass is 79.9. The number of hydrogen-bond donors (Lipinski definition) is 0. The van der Waals surface area contributed by atoms with Crippen molar-refractivity contribution in [2.75, 3.05) is 0 Å². The Labute approximate surface area is 120 Å². The highest BCUT2D eigenvalue weighted by Crippen LogP contribution is 2.43. The molecule has 0 saturated carbocycles. The Morgan fingerprint density at radius 3 is 2.56 bits per heavy atom. The summed E-state index contributed by atoms with van der Waals surface area (Å²) in [5.41, 5.74) is 2.86. The monoisotopic (exact) mass is 326 g/mol. The van der Waals surface area contributed by atoms with E-state index in [9.17, 15) is 0 Å². The van der Waals surface area contributed by atoms with Crippen LogP contribution in [0.15, 0.2) is 22.7 Å². The van der Waals surface area contributed by atoms with Gasteiger partial charge in [-0.3, -0.25) is 0 Å². The molecule has 1 aliphatic carbocycles. The van der Waals surface area contributed by atoms with Crippen molar-refractivity contribution in [1.82, 2.24) is 0 Å². The van der Waals surface area contributed by atoms with Crippen molar-refractivity contribution in [3.05, 3.63) is 33.8 Å². The van der Waals surface area contributed by atoms with Crippen LogP contribution in [0.1, 0.15) is 44.4 Å². The van der Waals surface area contributed by atoms with Crippen LogP contribution in [0.3, 0.4) is 0 Å². The molecule has 2 rings (SSSR count). The summed E-state index contributed by atoms with van der Waals surface area (Å²) in [6, 6.07) is 6.60. The first-order chi connectivity index (χ1) is 8.21. The van der Waals surface area contributed by atoms with Crippen molar-refractivity contribution in [2.24, 2.45) is 0 Å². The normalized spacial score (nSPS) is 20.0. The van der Waals surface area contributed by atoms with Crippen molar-refractivity contribution in [2.45, 2.75) is 57.8 Å². The van der Waals surface area contributed by atoms with Crippen LogP contribution < -0.4 is 0 Å². The lowest BCUT2D eigenvalue weighted by Crippen LogP contribution is -2.41. The van der Waals surface area contributed by atoms with Crippen LogP contribution in [0.2, 0.25) is 18.1 Å².